The third kappa shape index (κ3) is 6.89. The van der Waals surface area contributed by atoms with E-state index < -0.39 is 61.1 Å². The highest BCUT2D eigenvalue weighted by molar-refractivity contribution is 5.93. The van der Waals surface area contributed by atoms with E-state index in [1.165, 1.54) is 12.0 Å². The summed E-state index contributed by atoms with van der Waals surface area (Å²) in [5.74, 6) is -1.88. The van der Waals surface area contributed by atoms with Crippen molar-refractivity contribution in [3.63, 3.8) is 0 Å². The zero-order chi connectivity index (χ0) is 28.1. The number of rotatable bonds is 11. The Morgan fingerprint density at radius 3 is 2.42 bits per heavy atom. The Morgan fingerprint density at radius 2 is 1.84 bits per heavy atom. The predicted octanol–water partition coefficient (Wildman–Crippen LogP) is -2.81. The average molecular weight is 541 g/mol. The van der Waals surface area contributed by atoms with Crippen molar-refractivity contribution in [2.75, 3.05) is 33.4 Å². The largest absolute Gasteiger partial charge is 0.393 e. The van der Waals surface area contributed by atoms with Crippen LogP contribution in [-0.2, 0) is 19.1 Å². The molecule has 3 amide bonds. The van der Waals surface area contributed by atoms with Crippen molar-refractivity contribution in [1.29, 1.82) is 0 Å². The number of likely N-dealkylation sites (tertiary alicyclic amines) is 1. The Balaban J connectivity index is 1.74. The number of fused-ring (bicyclic) bond motifs is 1. The lowest BCUT2D eigenvalue weighted by Crippen LogP contribution is -2.60. The normalized spacial score (nSPS) is 29.3. The topological polar surface area (TPSA) is 204 Å². The maximum absolute atomic E-state index is 13.9. The van der Waals surface area contributed by atoms with Crippen molar-refractivity contribution in [3.05, 3.63) is 11.6 Å². The van der Waals surface area contributed by atoms with Gasteiger partial charge < -0.3 is 47.1 Å². The molecule has 1 saturated carbocycles. The van der Waals surface area contributed by atoms with Gasteiger partial charge in [0.15, 0.2) is 6.10 Å². The molecule has 2 fully saturated rings. The fraction of sp³-hybridized carbons (Fsp3) is 0.800. The molecule has 3 rings (SSSR count). The Hall–Kier alpha value is -2.13. The molecule has 13 heteroatoms. The van der Waals surface area contributed by atoms with Crippen molar-refractivity contribution in [2.24, 2.45) is 23.3 Å². The zero-order valence-electron chi connectivity index (χ0n) is 22.5. The molecule has 1 aliphatic carbocycles. The van der Waals surface area contributed by atoms with Crippen LogP contribution in [0.4, 0.5) is 0 Å². The molecule has 2 heterocycles. The molecule has 7 unspecified atom stereocenters. The highest BCUT2D eigenvalue weighted by Gasteiger charge is 2.52. The van der Waals surface area contributed by atoms with Gasteiger partial charge in [0.05, 0.1) is 18.8 Å². The molecule has 1 saturated heterocycles. The van der Waals surface area contributed by atoms with Crippen LogP contribution in [0.2, 0.25) is 0 Å². The lowest BCUT2D eigenvalue weighted by molar-refractivity contribution is -0.148. The number of ether oxygens (including phenoxy) is 1. The van der Waals surface area contributed by atoms with Crippen LogP contribution in [0.1, 0.15) is 39.5 Å². The van der Waals surface area contributed by atoms with Gasteiger partial charge in [-0.3, -0.25) is 19.3 Å². The molecule has 3 aliphatic rings. The van der Waals surface area contributed by atoms with Crippen molar-refractivity contribution in [1.82, 2.24) is 20.4 Å². The van der Waals surface area contributed by atoms with Gasteiger partial charge >= 0.3 is 0 Å². The van der Waals surface area contributed by atoms with Gasteiger partial charge in [0, 0.05) is 32.8 Å². The van der Waals surface area contributed by atoms with Crippen LogP contribution in [-0.4, -0.2) is 119 Å². The lowest BCUT2D eigenvalue weighted by Gasteiger charge is -2.39. The summed E-state index contributed by atoms with van der Waals surface area (Å²) in [6.07, 6.45) is -0.197. The number of nitrogens with two attached hydrogens (primary N) is 2. The number of carbonyl (C=O) groups is 3. The molecular weight excluding hydrogens is 496 g/mol. The van der Waals surface area contributed by atoms with Crippen LogP contribution in [0.25, 0.3) is 0 Å². The van der Waals surface area contributed by atoms with E-state index in [0.717, 1.165) is 5.57 Å². The molecule has 13 nitrogen and oxygen atoms in total. The zero-order valence-corrected chi connectivity index (χ0v) is 22.5. The number of carbonyl (C=O) groups excluding carboxylic acids is 3. The summed E-state index contributed by atoms with van der Waals surface area (Å²) in [6, 6.07) is -2.24. The van der Waals surface area contributed by atoms with E-state index in [2.05, 4.69) is 10.6 Å². The highest BCUT2D eigenvalue weighted by Crippen LogP contribution is 2.40. The SMILES string of the molecule is COC(CO)C(=O)NC(C(=O)N1C(C(=O)NCCC2=CCN(C(N)N)C2)CC2CC(O)C(O)CC21)C(C)C. The first kappa shape index (κ1) is 30.4. The number of nitrogens with one attached hydrogen (secondary N) is 2. The lowest BCUT2D eigenvalue weighted by atomic mass is 9.81. The van der Waals surface area contributed by atoms with E-state index >= 15 is 0 Å². The summed E-state index contributed by atoms with van der Waals surface area (Å²) in [5, 5.41) is 35.7. The first-order valence-electron chi connectivity index (χ1n) is 13.3. The predicted molar refractivity (Wildman–Crippen MR) is 138 cm³/mol. The monoisotopic (exact) mass is 540 g/mol. The summed E-state index contributed by atoms with van der Waals surface area (Å²) < 4.78 is 4.99. The molecule has 0 aromatic rings. The molecule has 7 atom stereocenters. The third-order valence-electron chi connectivity index (χ3n) is 7.95. The number of amides is 3. The van der Waals surface area contributed by atoms with Crippen molar-refractivity contribution >= 4 is 17.7 Å². The summed E-state index contributed by atoms with van der Waals surface area (Å²) in [5.41, 5.74) is 12.6. The van der Waals surface area contributed by atoms with E-state index in [1.807, 2.05) is 11.0 Å². The van der Waals surface area contributed by atoms with Gasteiger partial charge in [-0.05, 0) is 37.5 Å². The summed E-state index contributed by atoms with van der Waals surface area (Å²) in [4.78, 5) is 43.3. The second-order valence-electron chi connectivity index (χ2n) is 10.9. The molecule has 0 bridgehead atoms. The van der Waals surface area contributed by atoms with Crippen LogP contribution in [0.5, 0.6) is 0 Å². The fourth-order valence-electron chi connectivity index (χ4n) is 5.69. The molecule has 0 radical (unpaired) electrons. The van der Waals surface area contributed by atoms with Gasteiger partial charge in [0.25, 0.3) is 5.91 Å². The second-order valence-corrected chi connectivity index (χ2v) is 10.9. The Kier molecular flexibility index (Phi) is 10.6. The molecule has 38 heavy (non-hydrogen) atoms. The van der Waals surface area contributed by atoms with Crippen LogP contribution in [0.3, 0.4) is 0 Å². The molecule has 0 aromatic carbocycles. The van der Waals surface area contributed by atoms with E-state index in [0.29, 0.717) is 32.5 Å². The van der Waals surface area contributed by atoms with Crippen molar-refractivity contribution in [2.45, 2.75) is 82.3 Å². The Bertz CT molecular complexity index is 880. The molecule has 0 aromatic heterocycles. The Morgan fingerprint density at radius 1 is 1.16 bits per heavy atom. The first-order chi connectivity index (χ1) is 18.0. The van der Waals surface area contributed by atoms with Gasteiger partial charge in [-0.15, -0.1) is 0 Å². The van der Waals surface area contributed by atoms with E-state index in [4.69, 9.17) is 16.2 Å². The number of aliphatic hydroxyl groups is 3. The standard InChI is InChI=1S/C25H44N6O7/c1-13(2)21(29-23(36)20(12-32)38-3)24(37)31-16-10-19(34)18(33)9-15(16)8-17(31)22(35)28-6-4-14-5-7-30(11-14)25(26)27/h5,13,15-21,25,32-34H,4,6-12,26-27H2,1-3H3,(H,28,35)(H,29,36). The summed E-state index contributed by atoms with van der Waals surface area (Å²) >= 11 is 0. The van der Waals surface area contributed by atoms with Gasteiger partial charge in [-0.25, -0.2) is 0 Å². The van der Waals surface area contributed by atoms with Gasteiger partial charge in [0.1, 0.15) is 18.4 Å². The minimum atomic E-state index is -1.13. The number of nitrogens with zero attached hydrogens (tertiary/aromatic N) is 2. The average Bonchev–Trinajstić information content (AvgIpc) is 3.48. The maximum atomic E-state index is 13.9. The van der Waals surface area contributed by atoms with Crippen LogP contribution in [0.15, 0.2) is 11.6 Å². The van der Waals surface area contributed by atoms with E-state index in [-0.39, 0.29) is 30.6 Å². The van der Waals surface area contributed by atoms with Crippen molar-refractivity contribution < 1.29 is 34.4 Å². The van der Waals surface area contributed by atoms with Crippen LogP contribution >= 0.6 is 0 Å². The van der Waals surface area contributed by atoms with Gasteiger partial charge in [0.2, 0.25) is 11.8 Å². The quantitative estimate of drug-likeness (QED) is 0.106. The number of hydrogen-bond acceptors (Lipinski definition) is 10. The number of hydrogen-bond donors (Lipinski definition) is 7. The highest BCUT2D eigenvalue weighted by atomic mass is 16.5. The Labute approximate surface area is 223 Å². The van der Waals surface area contributed by atoms with E-state index in [9.17, 15) is 29.7 Å². The summed E-state index contributed by atoms with van der Waals surface area (Å²) in [6.45, 7) is 4.66. The number of methoxy groups -OCH3 is 1. The van der Waals surface area contributed by atoms with Gasteiger partial charge in [-0.1, -0.05) is 25.5 Å². The van der Waals surface area contributed by atoms with E-state index in [1.54, 1.807) is 13.8 Å². The second kappa shape index (κ2) is 13.3. The molecule has 2 aliphatic heterocycles. The maximum Gasteiger partial charge on any atom is 0.252 e. The smallest absolute Gasteiger partial charge is 0.252 e. The third-order valence-corrected chi connectivity index (χ3v) is 7.95. The summed E-state index contributed by atoms with van der Waals surface area (Å²) in [7, 11) is 1.29. The minimum absolute atomic E-state index is 0.138. The van der Waals surface area contributed by atoms with Crippen LogP contribution in [0, 0.1) is 11.8 Å². The minimum Gasteiger partial charge on any atom is -0.393 e. The van der Waals surface area contributed by atoms with Crippen LogP contribution < -0.4 is 22.1 Å². The van der Waals surface area contributed by atoms with Gasteiger partial charge in [-0.2, -0.15) is 0 Å². The van der Waals surface area contributed by atoms with Crippen molar-refractivity contribution in [3.8, 4) is 0 Å². The number of aliphatic hydroxyl groups excluding tert-OH is 3. The fourth-order valence-corrected chi connectivity index (χ4v) is 5.69. The molecule has 9 N–H and O–H groups in total. The first-order valence-corrected chi connectivity index (χ1v) is 13.3. The molecule has 0 spiro atoms. The molecular formula is C25H44N6O7. The molecule has 216 valence electrons.